The number of rotatable bonds is 11. The van der Waals surface area contributed by atoms with Gasteiger partial charge in [-0.05, 0) is 27.7 Å². The maximum atomic E-state index is 12.5. The molecule has 0 saturated carbocycles. The summed E-state index contributed by atoms with van der Waals surface area (Å²) >= 11 is 0. The molecule has 8 heteroatoms. The molecule has 0 N–H and O–H groups in total. The molecule has 0 radical (unpaired) electrons. The maximum Gasteiger partial charge on any atom is 0.351 e. The van der Waals surface area contributed by atoms with Crippen LogP contribution in [0.25, 0.3) is 0 Å². The fourth-order valence-corrected chi connectivity index (χ4v) is 5.11. The zero-order valence-electron chi connectivity index (χ0n) is 15.1. The lowest BCUT2D eigenvalue weighted by Crippen LogP contribution is -2.36. The van der Waals surface area contributed by atoms with Crippen LogP contribution in [0, 0.1) is 0 Å². The average Bonchev–Trinajstić information content (AvgIpc) is 2.49. The summed E-state index contributed by atoms with van der Waals surface area (Å²) < 4.78 is 23.8. The van der Waals surface area contributed by atoms with E-state index in [1.54, 1.807) is 27.7 Å². The molecular weight excluding hydrogens is 321 g/mol. The molecule has 136 valence electrons. The van der Waals surface area contributed by atoms with E-state index in [-0.39, 0.29) is 18.5 Å². The van der Waals surface area contributed by atoms with Crippen molar-refractivity contribution in [3.05, 3.63) is 0 Å². The summed E-state index contributed by atoms with van der Waals surface area (Å²) in [6.07, 6.45) is 0. The molecule has 0 unspecified atom stereocenters. The first-order valence-electron chi connectivity index (χ1n) is 8.14. The highest BCUT2D eigenvalue weighted by atomic mass is 31.2. The van der Waals surface area contributed by atoms with Gasteiger partial charge >= 0.3 is 11.9 Å². The number of esters is 2. The standard InChI is InChI=1S/C15H30NO6P/c1-7-16(8-2)23(21-11-5,22-12-6)13(14(17)19-9-3)15(18)20-10-4/h7-12H2,1-6H3. The van der Waals surface area contributed by atoms with Gasteiger partial charge in [0.15, 0.2) is 0 Å². The van der Waals surface area contributed by atoms with Gasteiger partial charge in [-0.1, -0.05) is 13.8 Å². The Morgan fingerprint density at radius 1 is 0.739 bits per heavy atom. The monoisotopic (exact) mass is 351 g/mol. The van der Waals surface area contributed by atoms with Crippen molar-refractivity contribution < 1.29 is 28.1 Å². The quantitative estimate of drug-likeness (QED) is 0.321. The molecule has 0 saturated heterocycles. The Hall–Kier alpha value is -0.880. The topological polar surface area (TPSA) is 74.3 Å². The second-order valence-electron chi connectivity index (χ2n) is 4.28. The molecule has 0 aromatic heterocycles. The predicted octanol–water partition coefficient (Wildman–Crippen LogP) is 2.46. The van der Waals surface area contributed by atoms with Crippen LogP contribution in [0.3, 0.4) is 0 Å². The molecule has 0 aromatic rings. The molecule has 0 spiro atoms. The fourth-order valence-electron chi connectivity index (χ4n) is 2.13. The Balaban J connectivity index is 6.51. The van der Waals surface area contributed by atoms with Crippen LogP contribution in [0.4, 0.5) is 0 Å². The van der Waals surface area contributed by atoms with Crippen LogP contribution in [-0.4, -0.2) is 61.4 Å². The summed E-state index contributed by atoms with van der Waals surface area (Å²) in [6.45, 7) is 12.8. The van der Waals surface area contributed by atoms with E-state index in [0.29, 0.717) is 26.3 Å². The smallest absolute Gasteiger partial charge is 0.351 e. The Kier molecular flexibility index (Phi) is 11.2. The van der Waals surface area contributed by atoms with Gasteiger partial charge in [-0.3, -0.25) is 0 Å². The number of nitrogens with zero attached hydrogens (tertiary/aromatic N) is 1. The third-order valence-corrected chi connectivity index (χ3v) is 6.39. The van der Waals surface area contributed by atoms with E-state index < -0.39 is 19.4 Å². The molecular formula is C15H30NO6P. The van der Waals surface area contributed by atoms with E-state index in [2.05, 4.69) is 0 Å². The highest BCUT2D eigenvalue weighted by Crippen LogP contribution is 2.55. The molecule has 23 heavy (non-hydrogen) atoms. The van der Waals surface area contributed by atoms with Crippen LogP contribution in [0.15, 0.2) is 0 Å². The molecule has 0 heterocycles. The lowest BCUT2D eigenvalue weighted by Gasteiger charge is -2.36. The van der Waals surface area contributed by atoms with E-state index in [9.17, 15) is 9.59 Å². The number of hydrogen-bond donors (Lipinski definition) is 0. The normalized spacial score (nSPS) is 11.4. The van der Waals surface area contributed by atoms with Crippen molar-refractivity contribution >= 4 is 24.7 Å². The first-order valence-corrected chi connectivity index (χ1v) is 9.71. The number of carbonyl (C=O) groups excluding carboxylic acids is 2. The van der Waals surface area contributed by atoms with E-state index in [4.69, 9.17) is 18.5 Å². The SMILES string of the molecule is CCOC(=O)C(C(=O)OCC)=P(OCC)(OCC)N(CC)CC. The third kappa shape index (κ3) is 5.60. The van der Waals surface area contributed by atoms with Gasteiger partial charge in [-0.15, -0.1) is 0 Å². The minimum absolute atomic E-state index is 0.151. The third-order valence-electron chi connectivity index (χ3n) is 2.93. The zero-order chi connectivity index (χ0) is 17.9. The Bertz CT molecular complexity index is 404. The summed E-state index contributed by atoms with van der Waals surface area (Å²) in [5.74, 6) is -1.49. The van der Waals surface area contributed by atoms with Crippen LogP contribution in [0.1, 0.15) is 41.5 Å². The van der Waals surface area contributed by atoms with Crippen LogP contribution in [0.5, 0.6) is 0 Å². The van der Waals surface area contributed by atoms with Gasteiger partial charge in [0.2, 0.25) is 12.8 Å². The van der Waals surface area contributed by atoms with E-state index in [1.807, 2.05) is 18.5 Å². The van der Waals surface area contributed by atoms with Crippen molar-refractivity contribution in [1.82, 2.24) is 4.67 Å². The van der Waals surface area contributed by atoms with E-state index >= 15 is 0 Å². The zero-order valence-corrected chi connectivity index (χ0v) is 16.0. The lowest BCUT2D eigenvalue weighted by molar-refractivity contribution is -0.140. The van der Waals surface area contributed by atoms with Gasteiger partial charge < -0.3 is 18.5 Å². The molecule has 0 atom stereocenters. The molecule has 0 aromatic carbocycles. The van der Waals surface area contributed by atoms with Gasteiger partial charge in [0.25, 0.3) is 0 Å². The van der Waals surface area contributed by atoms with Crippen LogP contribution in [0.2, 0.25) is 0 Å². The minimum Gasteiger partial charge on any atom is -0.462 e. The molecule has 0 bridgehead atoms. The fraction of sp³-hybridized carbons (Fsp3) is 0.800. The van der Waals surface area contributed by atoms with Crippen molar-refractivity contribution in [2.75, 3.05) is 39.5 Å². The molecule has 7 nitrogen and oxygen atoms in total. The van der Waals surface area contributed by atoms with Crippen molar-refractivity contribution in [2.45, 2.75) is 41.5 Å². The molecule has 0 aliphatic rings. The van der Waals surface area contributed by atoms with Crippen LogP contribution < -0.4 is 0 Å². The lowest BCUT2D eigenvalue weighted by atomic mass is 10.4. The number of ether oxygens (including phenoxy) is 2. The molecule has 0 fully saturated rings. The summed E-state index contributed by atoms with van der Waals surface area (Å²) in [5.41, 5.74) is 0. The van der Waals surface area contributed by atoms with Crippen molar-refractivity contribution in [3.63, 3.8) is 0 Å². The molecule has 0 amide bonds. The van der Waals surface area contributed by atoms with Gasteiger partial charge in [-0.25, -0.2) is 14.3 Å². The van der Waals surface area contributed by atoms with Crippen molar-refractivity contribution in [2.24, 2.45) is 0 Å². The Labute approximate surface area is 139 Å². The van der Waals surface area contributed by atoms with Crippen LogP contribution >= 0.6 is 7.49 Å². The summed E-state index contributed by atoms with van der Waals surface area (Å²) in [6, 6.07) is 0. The molecule has 0 aliphatic carbocycles. The highest BCUT2D eigenvalue weighted by Gasteiger charge is 2.40. The summed E-state index contributed by atoms with van der Waals surface area (Å²) in [5, 5.41) is -0.173. The predicted molar refractivity (Wildman–Crippen MR) is 91.4 cm³/mol. The molecule has 0 aliphatic heterocycles. The minimum atomic E-state index is -3.09. The second-order valence-corrected chi connectivity index (χ2v) is 6.85. The van der Waals surface area contributed by atoms with Crippen LogP contribution in [-0.2, 0) is 28.1 Å². The van der Waals surface area contributed by atoms with E-state index in [0.717, 1.165) is 0 Å². The largest absolute Gasteiger partial charge is 0.462 e. The first-order chi connectivity index (χ1) is 11.0. The van der Waals surface area contributed by atoms with Gasteiger partial charge in [-0.2, -0.15) is 0 Å². The Morgan fingerprint density at radius 3 is 1.39 bits per heavy atom. The van der Waals surface area contributed by atoms with E-state index in [1.165, 1.54) is 0 Å². The number of carbonyl (C=O) groups is 2. The average molecular weight is 351 g/mol. The van der Waals surface area contributed by atoms with Gasteiger partial charge in [0.05, 0.1) is 26.4 Å². The first kappa shape index (κ1) is 22.1. The second kappa shape index (κ2) is 11.6. The van der Waals surface area contributed by atoms with Gasteiger partial charge in [0, 0.05) is 13.1 Å². The van der Waals surface area contributed by atoms with Crippen molar-refractivity contribution in [3.8, 4) is 0 Å². The molecule has 0 rings (SSSR count). The summed E-state index contributed by atoms with van der Waals surface area (Å²) in [7, 11) is -3.09. The summed E-state index contributed by atoms with van der Waals surface area (Å²) in [4.78, 5) is 24.9. The number of hydrogen-bond acceptors (Lipinski definition) is 7. The maximum absolute atomic E-state index is 12.5. The Morgan fingerprint density at radius 2 is 1.13 bits per heavy atom. The van der Waals surface area contributed by atoms with Gasteiger partial charge in [0.1, 0.15) is 0 Å². The van der Waals surface area contributed by atoms with Crippen molar-refractivity contribution in [1.29, 1.82) is 0 Å². The highest BCUT2D eigenvalue weighted by molar-refractivity contribution is 7.69.